The fourth-order valence-electron chi connectivity index (χ4n) is 2.32. The Morgan fingerprint density at radius 3 is 2.81 bits per heavy atom. The number of nitro groups is 1. The van der Waals surface area contributed by atoms with E-state index < -0.39 is 10.9 Å². The van der Waals surface area contributed by atoms with Crippen molar-refractivity contribution in [3.05, 3.63) is 45.5 Å². The SMILES string of the molecule is COCC1=CCN(c2ccc(C(=O)O)cc2[N+](=O)[O-])CC1. The normalized spacial score (nSPS) is 14.7. The van der Waals surface area contributed by atoms with Gasteiger partial charge in [0.1, 0.15) is 5.69 Å². The lowest BCUT2D eigenvalue weighted by molar-refractivity contribution is -0.384. The Hall–Kier alpha value is -2.41. The van der Waals surface area contributed by atoms with Gasteiger partial charge in [-0.25, -0.2) is 4.79 Å². The van der Waals surface area contributed by atoms with Crippen molar-refractivity contribution in [2.75, 3.05) is 31.7 Å². The van der Waals surface area contributed by atoms with E-state index in [9.17, 15) is 14.9 Å². The van der Waals surface area contributed by atoms with Crippen LogP contribution in [0.1, 0.15) is 16.8 Å². The summed E-state index contributed by atoms with van der Waals surface area (Å²) >= 11 is 0. The number of methoxy groups -OCH3 is 1. The number of carboxylic acids is 1. The Bertz CT molecular complexity index is 597. The first kappa shape index (κ1) is 15.0. The minimum Gasteiger partial charge on any atom is -0.478 e. The number of anilines is 1. The molecule has 1 aliphatic heterocycles. The predicted molar refractivity (Wildman–Crippen MR) is 76.8 cm³/mol. The van der Waals surface area contributed by atoms with Gasteiger partial charge in [0.05, 0.1) is 17.1 Å². The van der Waals surface area contributed by atoms with Crippen molar-refractivity contribution in [3.63, 3.8) is 0 Å². The number of carboxylic acid groups (broad SMARTS) is 1. The van der Waals surface area contributed by atoms with Crippen LogP contribution in [0.25, 0.3) is 0 Å². The van der Waals surface area contributed by atoms with Crippen molar-refractivity contribution in [3.8, 4) is 0 Å². The molecule has 0 spiro atoms. The molecule has 0 fully saturated rings. The molecule has 0 atom stereocenters. The molecule has 0 saturated carbocycles. The highest BCUT2D eigenvalue weighted by Gasteiger charge is 2.23. The van der Waals surface area contributed by atoms with E-state index in [0.717, 1.165) is 12.5 Å². The Morgan fingerprint density at radius 2 is 2.29 bits per heavy atom. The third-order valence-corrected chi connectivity index (χ3v) is 3.39. The van der Waals surface area contributed by atoms with Gasteiger partial charge in [0, 0.05) is 26.3 Å². The molecule has 0 bridgehead atoms. The summed E-state index contributed by atoms with van der Waals surface area (Å²) in [6.07, 6.45) is 2.76. The number of carbonyl (C=O) groups is 1. The Labute approximate surface area is 121 Å². The fraction of sp³-hybridized carbons (Fsp3) is 0.357. The van der Waals surface area contributed by atoms with Crippen LogP contribution in [0.2, 0.25) is 0 Å². The molecule has 7 heteroatoms. The summed E-state index contributed by atoms with van der Waals surface area (Å²) in [7, 11) is 1.63. The van der Waals surface area contributed by atoms with Gasteiger partial charge in [0.25, 0.3) is 5.69 Å². The van der Waals surface area contributed by atoms with Gasteiger partial charge in [-0.3, -0.25) is 10.1 Å². The number of ether oxygens (including phenoxy) is 1. The minimum absolute atomic E-state index is 0.0851. The predicted octanol–water partition coefficient (Wildman–Crippen LogP) is 2.08. The van der Waals surface area contributed by atoms with E-state index in [2.05, 4.69) is 0 Å². The highest BCUT2D eigenvalue weighted by molar-refractivity contribution is 5.89. The molecule has 7 nitrogen and oxygen atoms in total. The first-order valence-electron chi connectivity index (χ1n) is 6.46. The average Bonchev–Trinajstić information content (AvgIpc) is 2.47. The van der Waals surface area contributed by atoms with Crippen LogP contribution in [0.15, 0.2) is 29.8 Å². The summed E-state index contributed by atoms with van der Waals surface area (Å²) < 4.78 is 5.07. The number of nitrogens with zero attached hydrogens (tertiary/aromatic N) is 2. The lowest BCUT2D eigenvalue weighted by atomic mass is 10.1. The number of nitro benzene ring substituents is 1. The molecule has 2 rings (SSSR count). The van der Waals surface area contributed by atoms with Crippen molar-refractivity contribution in [1.82, 2.24) is 0 Å². The molecule has 1 aromatic rings. The average molecular weight is 292 g/mol. The van der Waals surface area contributed by atoms with E-state index in [0.29, 0.717) is 25.4 Å². The van der Waals surface area contributed by atoms with E-state index in [-0.39, 0.29) is 11.3 Å². The molecule has 0 aliphatic carbocycles. The van der Waals surface area contributed by atoms with Crippen molar-refractivity contribution >= 4 is 17.3 Å². The summed E-state index contributed by atoms with van der Waals surface area (Å²) in [5, 5.41) is 20.1. The maximum Gasteiger partial charge on any atom is 0.335 e. The standard InChI is InChI=1S/C14H16N2O5/c1-21-9-10-4-6-15(7-5-10)12-3-2-11(14(17)18)8-13(12)16(19)20/h2-4,8H,5-7,9H2,1H3,(H,17,18). The third kappa shape index (κ3) is 3.38. The van der Waals surface area contributed by atoms with Crippen LogP contribution in [-0.2, 0) is 4.74 Å². The summed E-state index contributed by atoms with van der Waals surface area (Å²) in [4.78, 5) is 23.4. The quantitative estimate of drug-likeness (QED) is 0.507. The number of rotatable bonds is 5. The van der Waals surface area contributed by atoms with Gasteiger partial charge in [-0.2, -0.15) is 0 Å². The number of benzene rings is 1. The molecule has 0 aromatic heterocycles. The van der Waals surface area contributed by atoms with Gasteiger partial charge in [-0.15, -0.1) is 0 Å². The van der Waals surface area contributed by atoms with Crippen molar-refractivity contribution in [1.29, 1.82) is 0 Å². The number of hydrogen-bond donors (Lipinski definition) is 1. The van der Waals surface area contributed by atoms with E-state index >= 15 is 0 Å². The molecule has 1 N–H and O–H groups in total. The zero-order valence-corrected chi connectivity index (χ0v) is 11.6. The van der Waals surface area contributed by atoms with Crippen molar-refractivity contribution in [2.24, 2.45) is 0 Å². The van der Waals surface area contributed by atoms with Crippen LogP contribution in [0.5, 0.6) is 0 Å². The summed E-state index contributed by atoms with van der Waals surface area (Å²) in [6.45, 7) is 1.75. The number of aromatic carboxylic acids is 1. The van der Waals surface area contributed by atoms with E-state index in [4.69, 9.17) is 9.84 Å². The number of hydrogen-bond acceptors (Lipinski definition) is 5. The van der Waals surface area contributed by atoms with Crippen LogP contribution < -0.4 is 4.90 Å². The molecule has 0 radical (unpaired) electrons. The van der Waals surface area contributed by atoms with Crippen LogP contribution >= 0.6 is 0 Å². The lowest BCUT2D eigenvalue weighted by Crippen LogP contribution is -2.30. The maximum absolute atomic E-state index is 11.2. The van der Waals surface area contributed by atoms with Crippen molar-refractivity contribution < 1.29 is 19.6 Å². The van der Waals surface area contributed by atoms with Crippen LogP contribution in [0, 0.1) is 10.1 Å². The van der Waals surface area contributed by atoms with E-state index in [1.54, 1.807) is 7.11 Å². The largest absolute Gasteiger partial charge is 0.478 e. The van der Waals surface area contributed by atoms with E-state index in [1.165, 1.54) is 17.7 Å². The first-order chi connectivity index (χ1) is 10.0. The van der Waals surface area contributed by atoms with E-state index in [1.807, 2.05) is 11.0 Å². The molecule has 1 aliphatic rings. The fourth-order valence-corrected chi connectivity index (χ4v) is 2.32. The second-order valence-electron chi connectivity index (χ2n) is 4.76. The molecule has 0 amide bonds. The second kappa shape index (κ2) is 6.36. The molecule has 21 heavy (non-hydrogen) atoms. The van der Waals surface area contributed by atoms with Gasteiger partial charge < -0.3 is 14.7 Å². The summed E-state index contributed by atoms with van der Waals surface area (Å²) in [5.74, 6) is -1.18. The molecule has 1 heterocycles. The van der Waals surface area contributed by atoms with Crippen LogP contribution in [0.3, 0.4) is 0 Å². The molecule has 112 valence electrons. The summed E-state index contributed by atoms with van der Waals surface area (Å²) in [6, 6.07) is 3.99. The highest BCUT2D eigenvalue weighted by Crippen LogP contribution is 2.31. The highest BCUT2D eigenvalue weighted by atomic mass is 16.6. The topological polar surface area (TPSA) is 92.9 Å². The minimum atomic E-state index is -1.18. The Morgan fingerprint density at radius 1 is 1.52 bits per heavy atom. The second-order valence-corrected chi connectivity index (χ2v) is 4.76. The van der Waals surface area contributed by atoms with Crippen LogP contribution in [-0.4, -0.2) is 42.8 Å². The molecule has 1 aromatic carbocycles. The zero-order valence-electron chi connectivity index (χ0n) is 11.6. The Kier molecular flexibility index (Phi) is 4.54. The molecular formula is C14H16N2O5. The van der Waals surface area contributed by atoms with Gasteiger partial charge in [0.15, 0.2) is 0 Å². The molecular weight excluding hydrogens is 276 g/mol. The molecule has 0 saturated heterocycles. The maximum atomic E-state index is 11.2. The third-order valence-electron chi connectivity index (χ3n) is 3.39. The van der Waals surface area contributed by atoms with Gasteiger partial charge in [-0.1, -0.05) is 6.08 Å². The van der Waals surface area contributed by atoms with Crippen molar-refractivity contribution in [2.45, 2.75) is 6.42 Å². The van der Waals surface area contributed by atoms with Gasteiger partial charge in [0.2, 0.25) is 0 Å². The molecule has 0 unspecified atom stereocenters. The van der Waals surface area contributed by atoms with Gasteiger partial charge >= 0.3 is 5.97 Å². The monoisotopic (exact) mass is 292 g/mol. The first-order valence-corrected chi connectivity index (χ1v) is 6.46. The van der Waals surface area contributed by atoms with Gasteiger partial charge in [-0.05, 0) is 24.1 Å². The van der Waals surface area contributed by atoms with Crippen LogP contribution in [0.4, 0.5) is 11.4 Å². The Balaban J connectivity index is 2.28. The zero-order chi connectivity index (χ0) is 15.4. The summed E-state index contributed by atoms with van der Waals surface area (Å²) in [5.41, 5.74) is 1.34. The lowest BCUT2D eigenvalue weighted by Gasteiger charge is -2.28. The smallest absolute Gasteiger partial charge is 0.335 e.